The second kappa shape index (κ2) is 9.44. The van der Waals surface area contributed by atoms with E-state index in [1.54, 1.807) is 10.7 Å². The van der Waals surface area contributed by atoms with Gasteiger partial charge in [0.25, 0.3) is 5.56 Å². The van der Waals surface area contributed by atoms with E-state index in [4.69, 9.17) is 4.98 Å². The highest BCUT2D eigenvalue weighted by Crippen LogP contribution is 2.35. The molecule has 0 bridgehead atoms. The highest BCUT2D eigenvalue weighted by molar-refractivity contribution is 7.89. The molecule has 5 rings (SSSR count). The van der Waals surface area contributed by atoms with Crippen LogP contribution in [0.2, 0.25) is 0 Å². The maximum absolute atomic E-state index is 13.5. The number of aryl methyl sites for hydroxylation is 2. The Morgan fingerprint density at radius 1 is 1.11 bits per heavy atom. The van der Waals surface area contributed by atoms with E-state index in [0.29, 0.717) is 54.5 Å². The van der Waals surface area contributed by atoms with Gasteiger partial charge >= 0.3 is 0 Å². The maximum atomic E-state index is 13.5. The van der Waals surface area contributed by atoms with Crippen LogP contribution in [0.5, 0.6) is 0 Å². The minimum absolute atomic E-state index is 0.139. The van der Waals surface area contributed by atoms with Crippen LogP contribution < -0.4 is 5.56 Å². The summed E-state index contributed by atoms with van der Waals surface area (Å²) >= 11 is 0. The van der Waals surface area contributed by atoms with Gasteiger partial charge in [0.15, 0.2) is 5.52 Å². The lowest BCUT2D eigenvalue weighted by molar-refractivity contribution is 0.196. The van der Waals surface area contributed by atoms with E-state index in [9.17, 15) is 13.2 Å². The van der Waals surface area contributed by atoms with Gasteiger partial charge in [0.05, 0.1) is 11.4 Å². The van der Waals surface area contributed by atoms with Gasteiger partial charge in [-0.3, -0.25) is 14.5 Å². The van der Waals surface area contributed by atoms with Crippen molar-refractivity contribution in [3.63, 3.8) is 0 Å². The van der Waals surface area contributed by atoms with Crippen LogP contribution in [0.15, 0.2) is 22.0 Å². The molecular formula is C24H33N7O3S. The van der Waals surface area contributed by atoms with Crippen molar-refractivity contribution >= 4 is 21.1 Å². The molecule has 0 radical (unpaired) electrons. The van der Waals surface area contributed by atoms with Gasteiger partial charge in [-0.2, -0.15) is 9.40 Å². The number of fused-ring (bicyclic) bond motifs is 1. The first-order chi connectivity index (χ1) is 16.8. The van der Waals surface area contributed by atoms with Crippen LogP contribution in [0.1, 0.15) is 44.5 Å². The number of aromatic amines is 1. The van der Waals surface area contributed by atoms with Crippen LogP contribution in [0.3, 0.4) is 0 Å². The minimum Gasteiger partial charge on any atom is -0.305 e. The summed E-state index contributed by atoms with van der Waals surface area (Å²) in [6, 6.07) is 1.65. The van der Waals surface area contributed by atoms with Crippen molar-refractivity contribution in [2.45, 2.75) is 50.8 Å². The average molecular weight is 500 g/mol. The summed E-state index contributed by atoms with van der Waals surface area (Å²) in [6.07, 6.45) is 6.11. The Hall–Kier alpha value is -2.63. The Morgan fingerprint density at radius 3 is 2.51 bits per heavy atom. The molecule has 35 heavy (non-hydrogen) atoms. The predicted octanol–water partition coefficient (Wildman–Crippen LogP) is 1.95. The largest absolute Gasteiger partial charge is 0.305 e. The lowest BCUT2D eigenvalue weighted by Gasteiger charge is -2.33. The molecule has 0 unspecified atom stereocenters. The summed E-state index contributed by atoms with van der Waals surface area (Å²) < 4.78 is 30.2. The predicted molar refractivity (Wildman–Crippen MR) is 134 cm³/mol. The van der Waals surface area contributed by atoms with Crippen molar-refractivity contribution in [1.29, 1.82) is 0 Å². The van der Waals surface area contributed by atoms with Crippen LogP contribution >= 0.6 is 0 Å². The number of pyridine rings is 1. The Morgan fingerprint density at radius 2 is 1.86 bits per heavy atom. The summed E-state index contributed by atoms with van der Waals surface area (Å²) in [7, 11) is -1.89. The number of aromatic nitrogens is 5. The Kier molecular flexibility index (Phi) is 6.49. The zero-order valence-electron chi connectivity index (χ0n) is 20.6. The third-order valence-electron chi connectivity index (χ3n) is 7.09. The number of hydrogen-bond acceptors (Lipinski definition) is 7. The Labute approximate surface area is 205 Å². The highest BCUT2D eigenvalue weighted by Gasteiger charge is 2.31. The van der Waals surface area contributed by atoms with Gasteiger partial charge in [-0.05, 0) is 44.2 Å². The fraction of sp³-hybridized carbons (Fsp3) is 0.583. The molecule has 1 saturated heterocycles. The van der Waals surface area contributed by atoms with E-state index in [2.05, 4.69) is 33.8 Å². The smallest absolute Gasteiger partial charge is 0.279 e. The molecule has 10 nitrogen and oxygen atoms in total. The standard InChI is InChI=1S/C24H33N7O3S/c1-4-6-20-21-22(28-29(20)3)24(32)27-23(26-21)18-14-17(15-25-19(18)13-16-7-8-16)35(33,34)31-11-9-30(5-2)10-12-31/h14-16H,4-13H2,1-3H3,(H,26,27,32). The van der Waals surface area contributed by atoms with Crippen molar-refractivity contribution in [2.24, 2.45) is 13.0 Å². The van der Waals surface area contributed by atoms with Gasteiger partial charge in [-0.25, -0.2) is 13.4 Å². The van der Waals surface area contributed by atoms with Gasteiger partial charge in [-0.1, -0.05) is 20.3 Å². The van der Waals surface area contributed by atoms with Gasteiger partial charge in [0.1, 0.15) is 16.2 Å². The van der Waals surface area contributed by atoms with Crippen molar-refractivity contribution in [3.05, 3.63) is 34.0 Å². The molecule has 1 aliphatic heterocycles. The lowest BCUT2D eigenvalue weighted by atomic mass is 10.1. The van der Waals surface area contributed by atoms with Gasteiger partial charge in [0, 0.05) is 45.0 Å². The van der Waals surface area contributed by atoms with Crippen molar-refractivity contribution in [2.75, 3.05) is 32.7 Å². The van der Waals surface area contributed by atoms with Crippen LogP contribution in [0, 0.1) is 5.92 Å². The van der Waals surface area contributed by atoms with Gasteiger partial charge < -0.3 is 9.88 Å². The highest BCUT2D eigenvalue weighted by atomic mass is 32.2. The summed E-state index contributed by atoms with van der Waals surface area (Å²) in [4.78, 5) is 27.6. The number of nitrogens with one attached hydrogen (secondary N) is 1. The molecule has 2 aliphatic rings. The fourth-order valence-electron chi connectivity index (χ4n) is 4.78. The van der Waals surface area contributed by atoms with Crippen LogP contribution in [0.4, 0.5) is 0 Å². The Balaban J connectivity index is 1.60. The average Bonchev–Trinajstić information content (AvgIpc) is 3.62. The van der Waals surface area contributed by atoms with E-state index in [0.717, 1.165) is 50.0 Å². The third kappa shape index (κ3) is 4.64. The topological polar surface area (TPSA) is 117 Å². The van der Waals surface area contributed by atoms with Crippen LogP contribution in [-0.2, 0) is 29.9 Å². The second-order valence-corrected chi connectivity index (χ2v) is 11.5. The van der Waals surface area contributed by atoms with Gasteiger partial charge in [0.2, 0.25) is 10.0 Å². The number of nitrogens with zero attached hydrogens (tertiary/aromatic N) is 6. The number of sulfonamides is 1. The number of likely N-dealkylation sites (N-methyl/N-ethyl adjacent to an activating group) is 1. The molecule has 0 amide bonds. The Bertz CT molecular complexity index is 1400. The molecule has 188 valence electrons. The third-order valence-corrected chi connectivity index (χ3v) is 8.96. The quantitative estimate of drug-likeness (QED) is 0.503. The SMILES string of the molecule is CCCc1c2nc(-c3cc(S(=O)(=O)N4CCN(CC)CC4)cnc3CC3CC3)[nH]c(=O)c2nn1C. The number of hydrogen-bond donors (Lipinski definition) is 1. The molecule has 0 atom stereocenters. The summed E-state index contributed by atoms with van der Waals surface area (Å²) in [5.74, 6) is 0.888. The maximum Gasteiger partial charge on any atom is 0.279 e. The molecule has 11 heteroatoms. The van der Waals surface area contributed by atoms with Crippen molar-refractivity contribution < 1.29 is 8.42 Å². The summed E-state index contributed by atoms with van der Waals surface area (Å²) in [6.45, 7) is 7.38. The van der Waals surface area contributed by atoms with E-state index in [-0.39, 0.29) is 10.5 Å². The molecule has 4 heterocycles. The van der Waals surface area contributed by atoms with E-state index in [1.807, 2.05) is 7.05 Å². The van der Waals surface area contributed by atoms with Crippen molar-refractivity contribution in [1.82, 2.24) is 33.9 Å². The summed E-state index contributed by atoms with van der Waals surface area (Å²) in [5, 5.41) is 4.37. The van der Waals surface area contributed by atoms with Crippen molar-refractivity contribution in [3.8, 4) is 11.4 Å². The zero-order chi connectivity index (χ0) is 24.7. The first-order valence-corrected chi connectivity index (χ1v) is 13.9. The van der Waals surface area contributed by atoms with E-state index in [1.165, 1.54) is 10.5 Å². The van der Waals surface area contributed by atoms with Crippen LogP contribution in [-0.4, -0.2) is 75.1 Å². The normalized spacial score (nSPS) is 17.9. The molecule has 0 spiro atoms. The first-order valence-electron chi connectivity index (χ1n) is 12.5. The van der Waals surface area contributed by atoms with E-state index < -0.39 is 10.0 Å². The zero-order valence-corrected chi connectivity index (χ0v) is 21.4. The molecule has 1 aliphatic carbocycles. The molecule has 0 aromatic carbocycles. The molecule has 2 fully saturated rings. The minimum atomic E-state index is -3.71. The second-order valence-electron chi connectivity index (χ2n) is 9.58. The van der Waals surface area contributed by atoms with Gasteiger partial charge in [-0.15, -0.1) is 0 Å². The molecule has 3 aromatic rings. The lowest BCUT2D eigenvalue weighted by Crippen LogP contribution is -2.48. The molecule has 1 saturated carbocycles. The number of H-pyrrole nitrogens is 1. The van der Waals surface area contributed by atoms with Crippen LogP contribution in [0.25, 0.3) is 22.4 Å². The molecule has 3 aromatic heterocycles. The monoisotopic (exact) mass is 499 g/mol. The molecular weight excluding hydrogens is 466 g/mol. The first kappa shape index (κ1) is 24.1. The summed E-state index contributed by atoms with van der Waals surface area (Å²) in [5.41, 5.74) is 2.78. The number of rotatable bonds is 8. The molecule has 1 N–H and O–H groups in total. The fourth-order valence-corrected chi connectivity index (χ4v) is 6.18. The number of piperazine rings is 1. The van der Waals surface area contributed by atoms with E-state index >= 15 is 0 Å².